The Morgan fingerprint density at radius 1 is 1.16 bits per heavy atom. The molecule has 0 aliphatic heterocycles. The highest BCUT2D eigenvalue weighted by Gasteiger charge is 2.06. The maximum atomic E-state index is 12.5. The topological polar surface area (TPSA) is 59.3 Å². The van der Waals surface area contributed by atoms with E-state index < -0.39 is 0 Å². The summed E-state index contributed by atoms with van der Waals surface area (Å²) in [5, 5.41) is 3.78. The van der Waals surface area contributed by atoms with Gasteiger partial charge in [0.25, 0.3) is 0 Å². The van der Waals surface area contributed by atoms with E-state index in [9.17, 15) is 9.59 Å². The van der Waals surface area contributed by atoms with E-state index in [1.54, 1.807) is 24.3 Å². The summed E-state index contributed by atoms with van der Waals surface area (Å²) in [5.74, 6) is -0.353. The van der Waals surface area contributed by atoms with Crippen molar-refractivity contribution in [3.05, 3.63) is 80.7 Å². The van der Waals surface area contributed by atoms with Crippen LogP contribution in [0.3, 0.4) is 0 Å². The number of amides is 1. The lowest BCUT2D eigenvalue weighted by molar-refractivity contribution is -0.111. The van der Waals surface area contributed by atoms with E-state index in [1.165, 1.54) is 18.4 Å². The van der Waals surface area contributed by atoms with Gasteiger partial charge in [-0.1, -0.05) is 29.3 Å². The molecule has 5 heteroatoms. The van der Waals surface area contributed by atoms with Gasteiger partial charge in [-0.25, -0.2) is 0 Å². The zero-order chi connectivity index (χ0) is 18.0. The fraction of sp³-hybridized carbons (Fsp3) is 0.100. The third kappa shape index (κ3) is 3.80. The molecule has 3 rings (SSSR count). The summed E-state index contributed by atoms with van der Waals surface area (Å²) in [6.45, 7) is 3.78. The van der Waals surface area contributed by atoms with Crippen LogP contribution in [0.4, 0.5) is 5.69 Å². The monoisotopic (exact) mass is 353 g/mol. The first-order valence-corrected chi connectivity index (χ1v) is 8.09. The van der Waals surface area contributed by atoms with Crippen molar-refractivity contribution in [2.45, 2.75) is 13.8 Å². The quantitative estimate of drug-likeness (QED) is 0.693. The van der Waals surface area contributed by atoms with Crippen LogP contribution in [0, 0.1) is 13.8 Å². The van der Waals surface area contributed by atoms with Gasteiger partial charge in [-0.3, -0.25) is 9.59 Å². The Morgan fingerprint density at radius 2 is 1.96 bits per heavy atom. The second-order valence-corrected chi connectivity index (χ2v) is 6.24. The van der Waals surface area contributed by atoms with Gasteiger partial charge in [0.05, 0.1) is 10.9 Å². The lowest BCUT2D eigenvalue weighted by Gasteiger charge is -2.06. The average Bonchev–Trinajstić information content (AvgIpc) is 2.58. The smallest absolute Gasteiger partial charge is 0.248 e. The van der Waals surface area contributed by atoms with Gasteiger partial charge in [-0.2, -0.15) is 0 Å². The summed E-state index contributed by atoms with van der Waals surface area (Å²) < 4.78 is 5.46. The van der Waals surface area contributed by atoms with Crippen molar-refractivity contribution in [2.75, 3.05) is 5.32 Å². The van der Waals surface area contributed by atoms with E-state index in [2.05, 4.69) is 5.32 Å². The minimum atomic E-state index is -0.353. The molecule has 0 spiro atoms. The number of aryl methyl sites for hydroxylation is 2. The Hall–Kier alpha value is -2.85. The zero-order valence-corrected chi connectivity index (χ0v) is 14.6. The number of rotatable bonds is 3. The largest absolute Gasteiger partial charge is 0.463 e. The van der Waals surface area contributed by atoms with E-state index in [1.807, 2.05) is 26.0 Å². The highest BCUT2D eigenvalue weighted by molar-refractivity contribution is 6.31. The molecule has 2 aromatic carbocycles. The average molecular weight is 354 g/mol. The Morgan fingerprint density at radius 3 is 2.76 bits per heavy atom. The van der Waals surface area contributed by atoms with Gasteiger partial charge in [-0.15, -0.1) is 0 Å². The van der Waals surface area contributed by atoms with Gasteiger partial charge in [-0.05, 0) is 49.8 Å². The SMILES string of the molecule is Cc1ccc2occ(/C=C/C(=O)Nc3cc(Cl)ccc3C)c(=O)c2c1. The Balaban J connectivity index is 1.85. The van der Waals surface area contributed by atoms with E-state index >= 15 is 0 Å². The first-order valence-electron chi connectivity index (χ1n) is 7.71. The number of carbonyl (C=O) groups excluding carboxylic acids is 1. The number of benzene rings is 2. The van der Waals surface area contributed by atoms with Crippen LogP contribution >= 0.6 is 11.6 Å². The van der Waals surface area contributed by atoms with Crippen LogP contribution in [0.1, 0.15) is 16.7 Å². The molecule has 1 heterocycles. The molecule has 1 amide bonds. The van der Waals surface area contributed by atoms with Crippen LogP contribution < -0.4 is 10.7 Å². The second kappa shape index (κ2) is 6.95. The molecule has 25 heavy (non-hydrogen) atoms. The molecule has 0 fully saturated rings. The van der Waals surface area contributed by atoms with Gasteiger partial charge in [0.15, 0.2) is 5.43 Å². The molecule has 0 aliphatic rings. The third-order valence-electron chi connectivity index (χ3n) is 3.83. The molecule has 0 saturated carbocycles. The van der Waals surface area contributed by atoms with Crippen LogP contribution in [-0.2, 0) is 4.79 Å². The normalized spacial score (nSPS) is 11.2. The molecular weight excluding hydrogens is 338 g/mol. The maximum Gasteiger partial charge on any atom is 0.248 e. The number of nitrogens with one attached hydrogen (secondary N) is 1. The van der Waals surface area contributed by atoms with Gasteiger partial charge in [0.2, 0.25) is 5.91 Å². The summed E-state index contributed by atoms with van der Waals surface area (Å²) in [5.41, 5.74) is 3.15. The standard InChI is InChI=1S/C20H16ClNO3/c1-12-3-7-18-16(9-12)20(24)14(11-25-18)5-8-19(23)22-17-10-15(21)6-4-13(17)2/h3-11H,1-2H3,(H,22,23)/b8-5+. The van der Waals surface area contributed by atoms with Crippen LogP contribution in [-0.4, -0.2) is 5.91 Å². The van der Waals surface area contributed by atoms with Gasteiger partial charge in [0.1, 0.15) is 11.8 Å². The molecular formula is C20H16ClNO3. The van der Waals surface area contributed by atoms with Gasteiger partial charge in [0, 0.05) is 16.8 Å². The molecule has 0 unspecified atom stereocenters. The number of fused-ring (bicyclic) bond motifs is 1. The van der Waals surface area contributed by atoms with Crippen LogP contribution in [0.5, 0.6) is 0 Å². The number of anilines is 1. The molecule has 1 N–H and O–H groups in total. The second-order valence-electron chi connectivity index (χ2n) is 5.80. The van der Waals surface area contributed by atoms with Crippen molar-refractivity contribution in [1.29, 1.82) is 0 Å². The highest BCUT2D eigenvalue weighted by Crippen LogP contribution is 2.20. The van der Waals surface area contributed by atoms with Crippen molar-refractivity contribution in [1.82, 2.24) is 0 Å². The molecule has 3 aromatic rings. The van der Waals surface area contributed by atoms with E-state index in [-0.39, 0.29) is 11.3 Å². The predicted octanol–water partition coefficient (Wildman–Crippen LogP) is 4.72. The number of halogens is 1. The van der Waals surface area contributed by atoms with Gasteiger partial charge < -0.3 is 9.73 Å². The van der Waals surface area contributed by atoms with Crippen molar-refractivity contribution in [3.8, 4) is 0 Å². The van der Waals surface area contributed by atoms with E-state index in [0.717, 1.165) is 11.1 Å². The molecule has 0 atom stereocenters. The van der Waals surface area contributed by atoms with E-state index in [4.69, 9.17) is 16.0 Å². The Labute approximate surface area is 149 Å². The van der Waals surface area contributed by atoms with E-state index in [0.29, 0.717) is 27.2 Å². The summed E-state index contributed by atoms with van der Waals surface area (Å²) in [6, 6.07) is 10.7. The van der Waals surface area contributed by atoms with Gasteiger partial charge >= 0.3 is 0 Å². The molecule has 1 aromatic heterocycles. The van der Waals surface area contributed by atoms with Crippen molar-refractivity contribution < 1.29 is 9.21 Å². The summed E-state index contributed by atoms with van der Waals surface area (Å²) in [4.78, 5) is 24.6. The molecule has 4 nitrogen and oxygen atoms in total. The first kappa shape index (κ1) is 17.0. The number of carbonyl (C=O) groups is 1. The fourth-order valence-electron chi connectivity index (χ4n) is 2.44. The summed E-state index contributed by atoms with van der Waals surface area (Å²) in [7, 11) is 0. The Bertz CT molecular complexity index is 1050. The summed E-state index contributed by atoms with van der Waals surface area (Å²) >= 11 is 5.94. The van der Waals surface area contributed by atoms with Crippen molar-refractivity contribution >= 4 is 40.2 Å². The number of hydrogen-bond donors (Lipinski definition) is 1. The maximum absolute atomic E-state index is 12.5. The number of hydrogen-bond acceptors (Lipinski definition) is 3. The molecule has 0 bridgehead atoms. The van der Waals surface area contributed by atoms with Crippen molar-refractivity contribution in [3.63, 3.8) is 0 Å². The minimum Gasteiger partial charge on any atom is -0.463 e. The highest BCUT2D eigenvalue weighted by atomic mass is 35.5. The zero-order valence-electron chi connectivity index (χ0n) is 13.8. The molecule has 0 radical (unpaired) electrons. The van der Waals surface area contributed by atoms with Crippen molar-refractivity contribution in [2.24, 2.45) is 0 Å². The third-order valence-corrected chi connectivity index (χ3v) is 4.06. The fourth-order valence-corrected chi connectivity index (χ4v) is 2.62. The Kier molecular flexibility index (Phi) is 4.72. The van der Waals surface area contributed by atoms with Crippen LogP contribution in [0.2, 0.25) is 5.02 Å². The molecule has 0 saturated heterocycles. The molecule has 0 aliphatic carbocycles. The first-order chi connectivity index (χ1) is 11.9. The minimum absolute atomic E-state index is 0.173. The molecule has 126 valence electrons. The lowest BCUT2D eigenvalue weighted by atomic mass is 10.1. The summed E-state index contributed by atoms with van der Waals surface area (Å²) in [6.07, 6.45) is 4.10. The predicted molar refractivity (Wildman–Crippen MR) is 101 cm³/mol. The van der Waals surface area contributed by atoms with Crippen LogP contribution in [0.25, 0.3) is 17.0 Å². The lowest BCUT2D eigenvalue weighted by Crippen LogP contribution is -2.10. The van der Waals surface area contributed by atoms with Crippen LogP contribution in [0.15, 0.2) is 57.9 Å².